The molecule has 1 fully saturated rings. The molecule has 0 radical (unpaired) electrons. The highest BCUT2D eigenvalue weighted by atomic mass is 16.2. The van der Waals surface area contributed by atoms with Crippen LogP contribution in [0, 0.1) is 5.92 Å². The van der Waals surface area contributed by atoms with Gasteiger partial charge in [-0.05, 0) is 53.6 Å². The average Bonchev–Trinajstić information content (AvgIpc) is 3.13. The van der Waals surface area contributed by atoms with Crippen LogP contribution in [-0.2, 0) is 22.6 Å². The number of amides is 4. The first kappa shape index (κ1) is 21.4. The average molecular weight is 446 g/mol. The van der Waals surface area contributed by atoms with Crippen molar-refractivity contribution in [3.8, 4) is 0 Å². The van der Waals surface area contributed by atoms with Crippen molar-refractivity contribution in [3.63, 3.8) is 0 Å². The molecule has 3 aliphatic heterocycles. The molecular formula is C26H27N3O4. The molecule has 0 aliphatic carbocycles. The van der Waals surface area contributed by atoms with E-state index < -0.39 is 11.9 Å². The molecule has 4 amide bonds. The molecule has 5 rings (SSSR count). The van der Waals surface area contributed by atoms with Crippen LogP contribution in [0.5, 0.6) is 0 Å². The van der Waals surface area contributed by atoms with E-state index in [9.17, 15) is 19.2 Å². The number of hydrogen-bond donors (Lipinski definition) is 1. The van der Waals surface area contributed by atoms with E-state index in [0.29, 0.717) is 24.1 Å². The summed E-state index contributed by atoms with van der Waals surface area (Å²) in [6, 6.07) is 12.8. The minimum absolute atomic E-state index is 0.00249. The Morgan fingerprint density at radius 2 is 1.82 bits per heavy atom. The summed E-state index contributed by atoms with van der Waals surface area (Å²) in [4.78, 5) is 53.8. The van der Waals surface area contributed by atoms with Gasteiger partial charge in [-0.2, -0.15) is 0 Å². The van der Waals surface area contributed by atoms with E-state index in [1.165, 1.54) is 16.0 Å². The van der Waals surface area contributed by atoms with Gasteiger partial charge in [-0.25, -0.2) is 0 Å². The minimum atomic E-state index is -0.661. The molecule has 33 heavy (non-hydrogen) atoms. The normalized spacial score (nSPS) is 22.3. The molecular weight excluding hydrogens is 418 g/mol. The number of benzene rings is 2. The van der Waals surface area contributed by atoms with Gasteiger partial charge in [0.05, 0.1) is 6.04 Å². The third kappa shape index (κ3) is 3.61. The molecule has 3 heterocycles. The molecule has 0 saturated carbocycles. The van der Waals surface area contributed by atoms with Gasteiger partial charge in [-0.3, -0.25) is 24.5 Å². The Bertz CT molecular complexity index is 1170. The van der Waals surface area contributed by atoms with Gasteiger partial charge in [0.15, 0.2) is 0 Å². The van der Waals surface area contributed by atoms with Gasteiger partial charge in [0, 0.05) is 30.6 Å². The first-order valence-corrected chi connectivity index (χ1v) is 11.5. The van der Waals surface area contributed by atoms with Gasteiger partial charge in [0.2, 0.25) is 11.8 Å². The molecule has 0 aromatic heterocycles. The van der Waals surface area contributed by atoms with Crippen molar-refractivity contribution in [2.24, 2.45) is 5.92 Å². The fraction of sp³-hybridized carbons (Fsp3) is 0.385. The zero-order chi connectivity index (χ0) is 23.3. The smallest absolute Gasteiger partial charge is 0.255 e. The van der Waals surface area contributed by atoms with Gasteiger partial charge < -0.3 is 9.80 Å². The number of carbonyl (C=O) groups is 4. The third-order valence-corrected chi connectivity index (χ3v) is 6.99. The zero-order valence-corrected chi connectivity index (χ0v) is 18.8. The summed E-state index contributed by atoms with van der Waals surface area (Å²) in [6.07, 6.45) is 1.35. The first-order chi connectivity index (χ1) is 15.8. The monoisotopic (exact) mass is 445 g/mol. The predicted molar refractivity (Wildman–Crippen MR) is 121 cm³/mol. The molecule has 1 unspecified atom stereocenters. The summed E-state index contributed by atoms with van der Waals surface area (Å²) in [5.74, 6) is -0.760. The van der Waals surface area contributed by atoms with Crippen molar-refractivity contribution in [2.45, 2.75) is 51.7 Å². The Balaban J connectivity index is 1.41. The lowest BCUT2D eigenvalue weighted by atomic mass is 9.86. The number of imide groups is 1. The van der Waals surface area contributed by atoms with Crippen LogP contribution < -0.4 is 5.32 Å². The van der Waals surface area contributed by atoms with Crippen molar-refractivity contribution in [1.29, 1.82) is 0 Å². The summed E-state index contributed by atoms with van der Waals surface area (Å²) in [7, 11) is 0. The second-order valence-electron chi connectivity index (χ2n) is 9.41. The largest absolute Gasteiger partial charge is 0.331 e. The molecule has 0 spiro atoms. The lowest BCUT2D eigenvalue weighted by molar-refractivity contribution is -0.136. The fourth-order valence-corrected chi connectivity index (χ4v) is 5.42. The van der Waals surface area contributed by atoms with E-state index in [2.05, 4.69) is 31.3 Å². The quantitative estimate of drug-likeness (QED) is 0.736. The molecule has 1 N–H and O–H groups in total. The Labute approximate surface area is 192 Å². The Morgan fingerprint density at radius 3 is 2.58 bits per heavy atom. The topological polar surface area (TPSA) is 86.8 Å². The fourth-order valence-electron chi connectivity index (χ4n) is 5.42. The maximum absolute atomic E-state index is 13.6. The lowest BCUT2D eigenvalue weighted by Crippen LogP contribution is -2.52. The molecule has 170 valence electrons. The van der Waals surface area contributed by atoms with Crippen LogP contribution in [-0.4, -0.2) is 46.0 Å². The SMILES string of the molecule is CC(C)[C@H]1c2ccccc2CCN1C(=O)c1ccc2c(c1)CN(C1CCC(=O)NC1=O)C2=O. The molecule has 3 aliphatic rings. The molecule has 2 aromatic carbocycles. The van der Waals surface area contributed by atoms with Crippen molar-refractivity contribution in [1.82, 2.24) is 15.1 Å². The van der Waals surface area contributed by atoms with E-state index in [0.717, 1.165) is 12.0 Å². The number of rotatable bonds is 3. The number of fused-ring (bicyclic) bond motifs is 2. The molecule has 7 heteroatoms. The van der Waals surface area contributed by atoms with Crippen LogP contribution in [0.25, 0.3) is 0 Å². The van der Waals surface area contributed by atoms with E-state index in [1.807, 2.05) is 17.0 Å². The summed E-state index contributed by atoms with van der Waals surface area (Å²) >= 11 is 0. The van der Waals surface area contributed by atoms with Crippen LogP contribution in [0.2, 0.25) is 0 Å². The Morgan fingerprint density at radius 1 is 1.03 bits per heavy atom. The first-order valence-electron chi connectivity index (χ1n) is 11.5. The highest BCUT2D eigenvalue weighted by molar-refractivity contribution is 6.06. The standard InChI is InChI=1S/C26H27N3O4/c1-15(2)23-19-6-4-3-5-16(19)11-12-28(23)25(32)17-7-8-20-18(13-17)14-29(26(20)33)21-9-10-22(30)27-24(21)31/h3-8,13,15,21,23H,9-12,14H2,1-2H3,(H,27,30,31)/t21?,23-/m0/s1. The van der Waals surface area contributed by atoms with Crippen LogP contribution >= 0.6 is 0 Å². The van der Waals surface area contributed by atoms with Gasteiger partial charge in [-0.1, -0.05) is 38.1 Å². The summed E-state index contributed by atoms with van der Waals surface area (Å²) in [6.45, 7) is 5.17. The van der Waals surface area contributed by atoms with E-state index in [4.69, 9.17) is 0 Å². The molecule has 7 nitrogen and oxygen atoms in total. The van der Waals surface area contributed by atoms with Crippen LogP contribution in [0.15, 0.2) is 42.5 Å². The Hall–Kier alpha value is -3.48. The number of nitrogens with zero attached hydrogens (tertiary/aromatic N) is 2. The van der Waals surface area contributed by atoms with Crippen LogP contribution in [0.3, 0.4) is 0 Å². The van der Waals surface area contributed by atoms with Crippen LogP contribution in [0.4, 0.5) is 0 Å². The highest BCUT2D eigenvalue weighted by Crippen LogP contribution is 2.36. The van der Waals surface area contributed by atoms with E-state index >= 15 is 0 Å². The number of carbonyl (C=O) groups excluding carboxylic acids is 4. The lowest BCUT2D eigenvalue weighted by Gasteiger charge is -2.40. The van der Waals surface area contributed by atoms with E-state index in [-0.39, 0.29) is 42.6 Å². The van der Waals surface area contributed by atoms with Gasteiger partial charge >= 0.3 is 0 Å². The number of nitrogens with one attached hydrogen (secondary N) is 1. The van der Waals surface area contributed by atoms with Gasteiger partial charge in [0.25, 0.3) is 11.8 Å². The molecule has 2 aromatic rings. The highest BCUT2D eigenvalue weighted by Gasteiger charge is 2.40. The summed E-state index contributed by atoms with van der Waals surface area (Å²) in [5.41, 5.74) is 4.30. The zero-order valence-electron chi connectivity index (χ0n) is 18.8. The van der Waals surface area contributed by atoms with E-state index in [1.54, 1.807) is 18.2 Å². The van der Waals surface area contributed by atoms with Crippen molar-refractivity contribution in [2.75, 3.05) is 6.54 Å². The Kier molecular flexibility index (Phi) is 5.27. The summed E-state index contributed by atoms with van der Waals surface area (Å²) < 4.78 is 0. The second-order valence-corrected chi connectivity index (χ2v) is 9.41. The molecule has 1 saturated heterocycles. The van der Waals surface area contributed by atoms with Crippen molar-refractivity contribution in [3.05, 3.63) is 70.3 Å². The van der Waals surface area contributed by atoms with Crippen LogP contribution in [0.1, 0.15) is 70.1 Å². The predicted octanol–water partition coefficient (Wildman–Crippen LogP) is 2.84. The number of piperidine rings is 1. The van der Waals surface area contributed by atoms with Gasteiger partial charge in [0.1, 0.15) is 6.04 Å². The summed E-state index contributed by atoms with van der Waals surface area (Å²) in [5, 5.41) is 2.32. The maximum Gasteiger partial charge on any atom is 0.255 e. The van der Waals surface area contributed by atoms with Crippen molar-refractivity contribution >= 4 is 23.6 Å². The minimum Gasteiger partial charge on any atom is -0.331 e. The third-order valence-electron chi connectivity index (χ3n) is 6.99. The van der Waals surface area contributed by atoms with Gasteiger partial charge in [-0.15, -0.1) is 0 Å². The molecule has 2 atom stereocenters. The molecule has 0 bridgehead atoms. The second kappa shape index (κ2) is 8.14. The van der Waals surface area contributed by atoms with Crippen molar-refractivity contribution < 1.29 is 19.2 Å². The number of hydrogen-bond acceptors (Lipinski definition) is 4. The maximum atomic E-state index is 13.6.